The Bertz CT molecular complexity index is 484. The first-order valence-electron chi connectivity index (χ1n) is 6.02. The number of fused-ring (bicyclic) bond motifs is 1. The van der Waals surface area contributed by atoms with Gasteiger partial charge < -0.3 is 4.52 Å². The van der Waals surface area contributed by atoms with Gasteiger partial charge in [-0.1, -0.05) is 45.0 Å². The normalized spacial score (nSPS) is 13.6. The van der Waals surface area contributed by atoms with Crippen molar-refractivity contribution in [3.8, 4) is 0 Å². The van der Waals surface area contributed by atoms with Crippen molar-refractivity contribution < 1.29 is 4.52 Å². The maximum absolute atomic E-state index is 5.40. The van der Waals surface area contributed by atoms with Crippen LogP contribution in [0.4, 0.5) is 0 Å². The summed E-state index contributed by atoms with van der Waals surface area (Å²) in [6, 6.07) is 4.41. The summed E-state index contributed by atoms with van der Waals surface area (Å²) in [6.07, 6.45) is 2.99. The van der Waals surface area contributed by atoms with Crippen LogP contribution in [-0.2, 0) is 0 Å². The molecule has 0 amide bonds. The molecule has 1 unspecified atom stereocenters. The summed E-state index contributed by atoms with van der Waals surface area (Å²) in [5.41, 5.74) is 3.57. The Kier molecular flexibility index (Phi) is 2.99. The number of benzene rings is 1. The van der Waals surface area contributed by atoms with Gasteiger partial charge in [-0.05, 0) is 23.8 Å². The fourth-order valence-electron chi connectivity index (χ4n) is 2.10. The summed E-state index contributed by atoms with van der Waals surface area (Å²) in [7, 11) is 0. The molecule has 2 rings (SSSR count). The van der Waals surface area contributed by atoms with Gasteiger partial charge >= 0.3 is 0 Å². The van der Waals surface area contributed by atoms with Crippen LogP contribution in [0.5, 0.6) is 0 Å². The van der Waals surface area contributed by atoms with E-state index in [1.807, 2.05) is 6.20 Å². The summed E-state index contributed by atoms with van der Waals surface area (Å²) >= 11 is 0. The molecule has 2 aromatic rings. The third-order valence-corrected chi connectivity index (χ3v) is 3.35. The molecule has 0 aliphatic rings. The molecule has 1 aromatic carbocycles. The minimum atomic E-state index is 0.474. The molecule has 0 spiro atoms. The molecule has 0 saturated carbocycles. The average molecular weight is 217 g/mol. The monoisotopic (exact) mass is 217 g/mol. The lowest BCUT2D eigenvalue weighted by Crippen LogP contribution is -1.95. The number of aromatic nitrogens is 1. The number of hydrogen-bond donors (Lipinski definition) is 0. The van der Waals surface area contributed by atoms with Crippen LogP contribution in [0.3, 0.4) is 0 Å². The molecular weight excluding hydrogens is 198 g/mol. The lowest BCUT2D eigenvalue weighted by Gasteiger charge is -2.12. The highest BCUT2D eigenvalue weighted by Crippen LogP contribution is 2.32. The van der Waals surface area contributed by atoms with E-state index < -0.39 is 0 Å². The summed E-state index contributed by atoms with van der Waals surface area (Å²) in [5, 5.41) is 5.13. The predicted molar refractivity (Wildman–Crippen MR) is 66.8 cm³/mol. The number of nitrogens with zero attached hydrogens (tertiary/aromatic N) is 1. The molecule has 2 heteroatoms. The van der Waals surface area contributed by atoms with Gasteiger partial charge in [-0.25, -0.2) is 0 Å². The largest absolute Gasteiger partial charge is 0.356 e. The van der Waals surface area contributed by atoms with Crippen molar-refractivity contribution in [2.24, 2.45) is 0 Å². The van der Waals surface area contributed by atoms with Crippen LogP contribution in [0, 0.1) is 0 Å². The molecule has 0 aliphatic carbocycles. The fraction of sp³-hybridized carbons (Fsp3) is 0.500. The molecule has 0 saturated heterocycles. The van der Waals surface area contributed by atoms with Crippen molar-refractivity contribution >= 4 is 11.0 Å². The summed E-state index contributed by atoms with van der Waals surface area (Å²) in [5.74, 6) is 1.03. The van der Waals surface area contributed by atoms with E-state index in [0.29, 0.717) is 11.8 Å². The third-order valence-electron chi connectivity index (χ3n) is 3.35. The minimum absolute atomic E-state index is 0.474. The van der Waals surface area contributed by atoms with Crippen LogP contribution in [0.25, 0.3) is 11.0 Å². The van der Waals surface area contributed by atoms with E-state index >= 15 is 0 Å². The molecule has 0 fully saturated rings. The van der Waals surface area contributed by atoms with Crippen molar-refractivity contribution in [2.75, 3.05) is 0 Å². The molecule has 0 aliphatic heterocycles. The fourth-order valence-corrected chi connectivity index (χ4v) is 2.10. The van der Waals surface area contributed by atoms with Gasteiger partial charge in [0.25, 0.3) is 0 Å². The van der Waals surface area contributed by atoms with Crippen LogP contribution in [0.15, 0.2) is 22.9 Å². The van der Waals surface area contributed by atoms with Crippen molar-refractivity contribution in [1.82, 2.24) is 5.16 Å². The van der Waals surface area contributed by atoms with Crippen LogP contribution >= 0.6 is 0 Å². The van der Waals surface area contributed by atoms with Gasteiger partial charge in [-0.3, -0.25) is 0 Å². The van der Waals surface area contributed by atoms with Crippen LogP contribution < -0.4 is 0 Å². The standard InChI is InChI=1S/C14H19NO/c1-5-10(4)12-7-6-11(9(2)3)14-13(12)8-15-16-14/h6-10H,5H2,1-4H3. The van der Waals surface area contributed by atoms with Crippen LogP contribution in [0.2, 0.25) is 0 Å². The molecule has 16 heavy (non-hydrogen) atoms. The highest BCUT2D eigenvalue weighted by atomic mass is 16.5. The second-order valence-corrected chi connectivity index (χ2v) is 4.78. The highest BCUT2D eigenvalue weighted by Gasteiger charge is 2.15. The average Bonchev–Trinajstić information content (AvgIpc) is 2.75. The topological polar surface area (TPSA) is 26.0 Å². The molecule has 2 nitrogen and oxygen atoms in total. The van der Waals surface area contributed by atoms with Gasteiger partial charge in [0.1, 0.15) is 0 Å². The zero-order valence-electron chi connectivity index (χ0n) is 10.4. The Morgan fingerprint density at radius 1 is 1.19 bits per heavy atom. The number of hydrogen-bond acceptors (Lipinski definition) is 2. The molecule has 86 valence electrons. The summed E-state index contributed by atoms with van der Waals surface area (Å²) in [6.45, 7) is 8.82. The molecule has 1 aromatic heterocycles. The van der Waals surface area contributed by atoms with Crippen molar-refractivity contribution in [3.05, 3.63) is 29.5 Å². The minimum Gasteiger partial charge on any atom is -0.356 e. The smallest absolute Gasteiger partial charge is 0.170 e. The number of rotatable bonds is 3. The maximum Gasteiger partial charge on any atom is 0.170 e. The second kappa shape index (κ2) is 4.28. The van der Waals surface area contributed by atoms with E-state index in [4.69, 9.17) is 4.52 Å². The van der Waals surface area contributed by atoms with Crippen LogP contribution in [0.1, 0.15) is 57.1 Å². The molecule has 0 radical (unpaired) electrons. The lowest BCUT2D eigenvalue weighted by atomic mass is 9.91. The molecular formula is C14H19NO. The van der Waals surface area contributed by atoms with Gasteiger partial charge in [-0.15, -0.1) is 0 Å². The van der Waals surface area contributed by atoms with Crippen molar-refractivity contribution in [3.63, 3.8) is 0 Å². The Hall–Kier alpha value is -1.31. The van der Waals surface area contributed by atoms with Gasteiger partial charge in [0.2, 0.25) is 0 Å². The Balaban J connectivity index is 2.63. The lowest BCUT2D eigenvalue weighted by molar-refractivity contribution is 0.453. The zero-order valence-corrected chi connectivity index (χ0v) is 10.4. The van der Waals surface area contributed by atoms with E-state index in [0.717, 1.165) is 12.0 Å². The van der Waals surface area contributed by atoms with E-state index in [2.05, 4.69) is 45.0 Å². The SMILES string of the molecule is CCC(C)c1ccc(C(C)C)c2oncc12. The second-order valence-electron chi connectivity index (χ2n) is 4.78. The summed E-state index contributed by atoms with van der Waals surface area (Å²) < 4.78 is 5.40. The molecule has 1 heterocycles. The quantitative estimate of drug-likeness (QED) is 0.758. The molecule has 0 bridgehead atoms. The molecule has 1 atom stereocenters. The van der Waals surface area contributed by atoms with E-state index in [1.54, 1.807) is 0 Å². The summed E-state index contributed by atoms with van der Waals surface area (Å²) in [4.78, 5) is 0. The Morgan fingerprint density at radius 2 is 1.88 bits per heavy atom. The van der Waals surface area contributed by atoms with Gasteiger partial charge in [-0.2, -0.15) is 0 Å². The van der Waals surface area contributed by atoms with Crippen molar-refractivity contribution in [2.45, 2.75) is 46.0 Å². The predicted octanol–water partition coefficient (Wildman–Crippen LogP) is 4.46. The Morgan fingerprint density at radius 3 is 2.50 bits per heavy atom. The third kappa shape index (κ3) is 1.73. The first kappa shape index (κ1) is 11.2. The first-order valence-corrected chi connectivity index (χ1v) is 6.02. The first-order chi connectivity index (χ1) is 7.65. The Labute approximate surface area is 96.6 Å². The van der Waals surface area contributed by atoms with E-state index in [1.165, 1.54) is 16.5 Å². The van der Waals surface area contributed by atoms with E-state index in [-0.39, 0.29) is 0 Å². The van der Waals surface area contributed by atoms with Crippen LogP contribution in [-0.4, -0.2) is 5.16 Å². The highest BCUT2D eigenvalue weighted by molar-refractivity contribution is 5.83. The van der Waals surface area contributed by atoms with Gasteiger partial charge in [0.15, 0.2) is 5.58 Å². The van der Waals surface area contributed by atoms with Crippen molar-refractivity contribution in [1.29, 1.82) is 0 Å². The maximum atomic E-state index is 5.40. The van der Waals surface area contributed by atoms with E-state index in [9.17, 15) is 0 Å². The van der Waals surface area contributed by atoms with Gasteiger partial charge in [0, 0.05) is 10.9 Å². The zero-order chi connectivity index (χ0) is 11.7. The molecule has 0 N–H and O–H groups in total. The van der Waals surface area contributed by atoms with Gasteiger partial charge in [0.05, 0.1) is 6.20 Å².